The van der Waals surface area contributed by atoms with Gasteiger partial charge in [0.2, 0.25) is 0 Å². The van der Waals surface area contributed by atoms with Crippen LogP contribution in [0.4, 0.5) is 0 Å². The van der Waals surface area contributed by atoms with E-state index < -0.39 is 0 Å². The Labute approximate surface area is 133 Å². The Morgan fingerprint density at radius 2 is 1.91 bits per heavy atom. The fourth-order valence-electron chi connectivity index (χ4n) is 1.63. The van der Waals surface area contributed by atoms with Crippen LogP contribution < -0.4 is 4.74 Å². The van der Waals surface area contributed by atoms with Gasteiger partial charge >= 0.3 is 0 Å². The molecule has 22 heavy (non-hydrogen) atoms. The van der Waals surface area contributed by atoms with E-state index in [1.165, 1.54) is 4.90 Å². The molecule has 4 nitrogen and oxygen atoms in total. The van der Waals surface area contributed by atoms with E-state index in [1.807, 2.05) is 16.8 Å². The maximum absolute atomic E-state index is 12.0. The molecule has 0 saturated heterocycles. The number of nitrogens with zero attached hydrogens (tertiary/aromatic N) is 1. The molecule has 0 saturated carbocycles. The van der Waals surface area contributed by atoms with Crippen molar-refractivity contribution in [2.75, 3.05) is 20.7 Å². The summed E-state index contributed by atoms with van der Waals surface area (Å²) in [7, 11) is 3.35. The summed E-state index contributed by atoms with van der Waals surface area (Å²) >= 11 is 1.59. The molecular weight excluding hydrogens is 298 g/mol. The monoisotopic (exact) mass is 315 g/mol. The summed E-state index contributed by atoms with van der Waals surface area (Å²) in [6.45, 7) is -0.0155. The normalized spacial score (nSPS) is 10.6. The van der Waals surface area contributed by atoms with Crippen molar-refractivity contribution in [3.63, 3.8) is 0 Å². The summed E-state index contributed by atoms with van der Waals surface area (Å²) in [5, 5.41) is 3.94. The molecule has 0 fully saturated rings. The van der Waals surface area contributed by atoms with Gasteiger partial charge in [-0.3, -0.25) is 9.59 Å². The summed E-state index contributed by atoms with van der Waals surface area (Å²) in [6.07, 6.45) is 3.34. The maximum Gasteiger partial charge on any atom is 0.259 e. The number of ketones is 1. The van der Waals surface area contributed by atoms with Crippen LogP contribution in [0, 0.1) is 0 Å². The number of hydrogen-bond acceptors (Lipinski definition) is 4. The maximum atomic E-state index is 12.0. The minimum absolute atomic E-state index is 0.0155. The largest absolute Gasteiger partial charge is 0.484 e. The molecule has 0 radical (unpaired) electrons. The van der Waals surface area contributed by atoms with Crippen LogP contribution in [0.2, 0.25) is 0 Å². The number of likely N-dealkylation sites (N-methyl/N-ethyl adjacent to an activating group) is 1. The van der Waals surface area contributed by atoms with Gasteiger partial charge in [0.05, 0.1) is 0 Å². The van der Waals surface area contributed by atoms with E-state index in [2.05, 4.69) is 0 Å². The third kappa shape index (κ3) is 4.56. The van der Waals surface area contributed by atoms with Gasteiger partial charge < -0.3 is 9.64 Å². The molecule has 1 heterocycles. The van der Waals surface area contributed by atoms with Gasteiger partial charge in [0, 0.05) is 19.7 Å². The Morgan fingerprint density at radius 1 is 1.18 bits per heavy atom. The first-order valence-corrected chi connectivity index (χ1v) is 7.68. The molecule has 5 heteroatoms. The second kappa shape index (κ2) is 7.56. The molecule has 0 aliphatic heterocycles. The van der Waals surface area contributed by atoms with E-state index in [0.717, 1.165) is 5.56 Å². The number of ether oxygens (including phenoxy) is 1. The fourth-order valence-corrected chi connectivity index (χ4v) is 2.26. The highest BCUT2D eigenvalue weighted by atomic mass is 32.1. The molecule has 0 spiro atoms. The minimum atomic E-state index is -0.112. The predicted octanol–water partition coefficient (Wildman–Crippen LogP) is 3.11. The SMILES string of the molecule is CN(C)C(=O)COc1ccc(C(=O)/C=C/c2ccsc2)cc1. The highest BCUT2D eigenvalue weighted by Crippen LogP contribution is 2.14. The van der Waals surface area contributed by atoms with Gasteiger partial charge in [-0.05, 0) is 52.7 Å². The molecule has 0 aliphatic rings. The first kappa shape index (κ1) is 16.0. The van der Waals surface area contributed by atoms with Crippen molar-refractivity contribution >= 4 is 29.1 Å². The van der Waals surface area contributed by atoms with Crippen LogP contribution in [0.5, 0.6) is 5.75 Å². The molecule has 2 aromatic rings. The summed E-state index contributed by atoms with van der Waals surface area (Å²) in [5.74, 6) is 0.384. The zero-order valence-electron chi connectivity index (χ0n) is 12.5. The first-order chi connectivity index (χ1) is 10.6. The number of rotatable bonds is 6. The van der Waals surface area contributed by atoms with Crippen molar-refractivity contribution < 1.29 is 14.3 Å². The zero-order valence-corrected chi connectivity index (χ0v) is 13.3. The van der Waals surface area contributed by atoms with Crippen molar-refractivity contribution in [2.45, 2.75) is 0 Å². The Bertz CT molecular complexity index is 658. The van der Waals surface area contributed by atoms with Gasteiger partial charge in [0.25, 0.3) is 5.91 Å². The van der Waals surface area contributed by atoms with Gasteiger partial charge in [-0.15, -0.1) is 0 Å². The lowest BCUT2D eigenvalue weighted by atomic mass is 10.1. The van der Waals surface area contributed by atoms with Crippen LogP contribution in [0.1, 0.15) is 15.9 Å². The van der Waals surface area contributed by atoms with Crippen molar-refractivity contribution in [3.8, 4) is 5.75 Å². The topological polar surface area (TPSA) is 46.6 Å². The van der Waals surface area contributed by atoms with Crippen LogP contribution >= 0.6 is 11.3 Å². The molecule has 0 aliphatic carbocycles. The van der Waals surface area contributed by atoms with Gasteiger partial charge in [-0.25, -0.2) is 0 Å². The number of thiophene rings is 1. The molecule has 114 valence electrons. The van der Waals surface area contributed by atoms with Crippen LogP contribution in [0.25, 0.3) is 6.08 Å². The third-order valence-electron chi connectivity index (χ3n) is 2.97. The van der Waals surface area contributed by atoms with Crippen molar-refractivity contribution in [1.29, 1.82) is 0 Å². The molecule has 0 atom stereocenters. The number of benzene rings is 1. The first-order valence-electron chi connectivity index (χ1n) is 6.74. The lowest BCUT2D eigenvalue weighted by molar-refractivity contribution is -0.130. The molecule has 0 N–H and O–H groups in total. The van der Waals surface area contributed by atoms with Crippen LogP contribution in [-0.2, 0) is 4.79 Å². The third-order valence-corrected chi connectivity index (χ3v) is 3.67. The summed E-state index contributed by atoms with van der Waals surface area (Å²) in [6, 6.07) is 8.71. The summed E-state index contributed by atoms with van der Waals surface area (Å²) in [5.41, 5.74) is 1.60. The smallest absolute Gasteiger partial charge is 0.259 e. The number of carbonyl (C=O) groups is 2. The van der Waals surface area contributed by atoms with Crippen molar-refractivity contribution in [2.24, 2.45) is 0 Å². The van der Waals surface area contributed by atoms with Crippen LogP contribution in [0.3, 0.4) is 0 Å². The van der Waals surface area contributed by atoms with Gasteiger partial charge in [0.15, 0.2) is 12.4 Å². The average Bonchev–Trinajstić information content (AvgIpc) is 3.04. The van der Waals surface area contributed by atoms with Gasteiger partial charge in [-0.2, -0.15) is 11.3 Å². The summed E-state index contributed by atoms with van der Waals surface area (Å²) in [4.78, 5) is 24.9. The van der Waals surface area contributed by atoms with E-state index in [9.17, 15) is 9.59 Å². The Hall–Kier alpha value is -2.40. The Kier molecular flexibility index (Phi) is 5.49. The number of amides is 1. The number of hydrogen-bond donors (Lipinski definition) is 0. The van der Waals surface area contributed by atoms with E-state index in [0.29, 0.717) is 11.3 Å². The highest BCUT2D eigenvalue weighted by Gasteiger charge is 2.06. The predicted molar refractivity (Wildman–Crippen MR) is 88.3 cm³/mol. The van der Waals surface area contributed by atoms with Gasteiger partial charge in [-0.1, -0.05) is 6.08 Å². The second-order valence-corrected chi connectivity index (χ2v) is 5.64. The molecule has 0 bridgehead atoms. The van der Waals surface area contributed by atoms with E-state index in [4.69, 9.17) is 4.74 Å². The lowest BCUT2D eigenvalue weighted by Gasteiger charge is -2.11. The average molecular weight is 315 g/mol. The van der Waals surface area contributed by atoms with Crippen LogP contribution in [0.15, 0.2) is 47.2 Å². The van der Waals surface area contributed by atoms with Gasteiger partial charge in [0.1, 0.15) is 5.75 Å². The number of carbonyl (C=O) groups excluding carboxylic acids is 2. The lowest BCUT2D eigenvalue weighted by Crippen LogP contribution is -2.27. The minimum Gasteiger partial charge on any atom is -0.484 e. The molecule has 2 rings (SSSR count). The van der Waals surface area contributed by atoms with E-state index >= 15 is 0 Å². The van der Waals surface area contributed by atoms with E-state index in [-0.39, 0.29) is 18.3 Å². The van der Waals surface area contributed by atoms with E-state index in [1.54, 1.807) is 61.8 Å². The molecule has 0 unspecified atom stereocenters. The Morgan fingerprint density at radius 3 is 2.50 bits per heavy atom. The molecular formula is C17H17NO3S. The Balaban J connectivity index is 1.93. The van der Waals surface area contributed by atoms with Crippen molar-refractivity contribution in [1.82, 2.24) is 4.90 Å². The second-order valence-electron chi connectivity index (χ2n) is 4.86. The summed E-state index contributed by atoms with van der Waals surface area (Å²) < 4.78 is 5.36. The fraction of sp³-hybridized carbons (Fsp3) is 0.176. The standard InChI is InChI=1S/C17H17NO3S/c1-18(2)17(20)11-21-15-6-4-14(5-7-15)16(19)8-3-13-9-10-22-12-13/h3-10,12H,11H2,1-2H3/b8-3+. The van der Waals surface area contributed by atoms with Crippen molar-refractivity contribution in [3.05, 3.63) is 58.3 Å². The number of allylic oxidation sites excluding steroid dienone is 1. The molecule has 1 aromatic heterocycles. The molecule has 1 amide bonds. The highest BCUT2D eigenvalue weighted by molar-refractivity contribution is 7.08. The zero-order chi connectivity index (χ0) is 15.9. The molecule has 1 aromatic carbocycles. The van der Waals surface area contributed by atoms with Crippen LogP contribution in [-0.4, -0.2) is 37.3 Å². The quantitative estimate of drug-likeness (QED) is 0.608.